The zero-order valence-corrected chi connectivity index (χ0v) is 10.8. The number of sulfonamides is 1. The van der Waals surface area contributed by atoms with Gasteiger partial charge in [-0.3, -0.25) is 14.9 Å². The van der Waals surface area contributed by atoms with Crippen molar-refractivity contribution in [2.45, 2.75) is 17.9 Å². The Balaban J connectivity index is 2.65. The van der Waals surface area contributed by atoms with Gasteiger partial charge in [-0.25, -0.2) is 17.5 Å². The van der Waals surface area contributed by atoms with Crippen LogP contribution in [0.15, 0.2) is 23.1 Å². The van der Waals surface area contributed by atoms with Gasteiger partial charge in [0.05, 0.1) is 10.5 Å². The molecule has 1 aliphatic rings. The molecule has 0 saturated carbocycles. The number of non-ortho nitro benzene ring substituents is 1. The number of amides is 1. The minimum absolute atomic E-state index is 0.212. The van der Waals surface area contributed by atoms with Gasteiger partial charge in [0, 0.05) is 12.1 Å². The molecule has 1 amide bonds. The summed E-state index contributed by atoms with van der Waals surface area (Å²) in [6.07, 6.45) is 0. The van der Waals surface area contributed by atoms with Gasteiger partial charge in [0.25, 0.3) is 21.6 Å². The molecule has 2 rings (SSSR count). The average molecular weight is 300 g/mol. The molecule has 106 valence electrons. The lowest BCUT2D eigenvalue weighted by atomic mass is 10.2. The molecule has 20 heavy (non-hydrogen) atoms. The number of hydrogen-bond acceptors (Lipinski definition) is 6. The van der Waals surface area contributed by atoms with Crippen LogP contribution in [0.25, 0.3) is 0 Å². The van der Waals surface area contributed by atoms with Crippen molar-refractivity contribution in [1.82, 2.24) is 4.31 Å². The minimum atomic E-state index is -4.40. The molecule has 1 aliphatic heterocycles. The average Bonchev–Trinajstić information content (AvgIpc) is 2.56. The lowest BCUT2D eigenvalue weighted by molar-refractivity contribution is -0.385. The van der Waals surface area contributed by atoms with Gasteiger partial charge in [-0.2, -0.15) is 0 Å². The van der Waals surface area contributed by atoms with Crippen LogP contribution in [0.2, 0.25) is 0 Å². The molecule has 9 nitrogen and oxygen atoms in total. The maximum Gasteiger partial charge on any atom is 0.327 e. The predicted molar refractivity (Wildman–Crippen MR) is 63.5 cm³/mol. The SMILES string of the molecule is CC(C(=O)O)N1C(=O)c2ccc([N+](=O)[O-])cc2S1(=O)=O. The molecule has 10 heteroatoms. The highest BCUT2D eigenvalue weighted by atomic mass is 32.2. The van der Waals surface area contributed by atoms with E-state index in [4.69, 9.17) is 5.11 Å². The predicted octanol–water partition coefficient (Wildman–Crippen LogP) is 0.212. The van der Waals surface area contributed by atoms with Gasteiger partial charge in [-0.15, -0.1) is 0 Å². The van der Waals surface area contributed by atoms with E-state index >= 15 is 0 Å². The first-order valence-electron chi connectivity index (χ1n) is 5.28. The molecule has 0 bridgehead atoms. The van der Waals surface area contributed by atoms with E-state index in [-0.39, 0.29) is 9.87 Å². The van der Waals surface area contributed by atoms with Crippen LogP contribution in [0.1, 0.15) is 17.3 Å². The summed E-state index contributed by atoms with van der Waals surface area (Å²) in [6.45, 7) is 1.04. The van der Waals surface area contributed by atoms with E-state index in [2.05, 4.69) is 0 Å². The Morgan fingerprint density at radius 3 is 2.55 bits per heavy atom. The number of benzene rings is 1. The maximum atomic E-state index is 12.1. The van der Waals surface area contributed by atoms with E-state index in [0.717, 1.165) is 25.1 Å². The van der Waals surface area contributed by atoms with Crippen molar-refractivity contribution in [1.29, 1.82) is 0 Å². The fraction of sp³-hybridized carbons (Fsp3) is 0.200. The van der Waals surface area contributed by atoms with Gasteiger partial charge in [-0.05, 0) is 13.0 Å². The zero-order valence-electron chi connectivity index (χ0n) is 10.0. The van der Waals surface area contributed by atoms with Gasteiger partial charge in [0.15, 0.2) is 0 Å². The van der Waals surface area contributed by atoms with Crippen LogP contribution in [0.5, 0.6) is 0 Å². The van der Waals surface area contributed by atoms with Crippen molar-refractivity contribution in [2.24, 2.45) is 0 Å². The normalized spacial score (nSPS) is 17.6. The van der Waals surface area contributed by atoms with Crippen molar-refractivity contribution in [3.8, 4) is 0 Å². The molecule has 1 aromatic rings. The zero-order chi connectivity index (χ0) is 15.2. The van der Waals surface area contributed by atoms with Crippen LogP contribution >= 0.6 is 0 Å². The van der Waals surface area contributed by atoms with Crippen LogP contribution in [-0.4, -0.2) is 40.7 Å². The smallest absolute Gasteiger partial charge is 0.327 e. The quantitative estimate of drug-likeness (QED) is 0.622. The molecule has 1 aromatic carbocycles. The van der Waals surface area contributed by atoms with E-state index in [9.17, 15) is 28.1 Å². The summed E-state index contributed by atoms with van der Waals surface area (Å²) in [4.78, 5) is 32.1. The van der Waals surface area contributed by atoms with Crippen LogP contribution in [0.3, 0.4) is 0 Å². The molecule has 0 radical (unpaired) electrons. The van der Waals surface area contributed by atoms with Crippen molar-refractivity contribution in [3.05, 3.63) is 33.9 Å². The minimum Gasteiger partial charge on any atom is -0.480 e. The number of carbonyl (C=O) groups excluding carboxylic acids is 1. The lowest BCUT2D eigenvalue weighted by Gasteiger charge is -2.18. The Labute approximate surface area is 112 Å². The third-order valence-corrected chi connectivity index (χ3v) is 4.75. The van der Waals surface area contributed by atoms with Gasteiger partial charge >= 0.3 is 5.97 Å². The summed E-state index contributed by atoms with van der Waals surface area (Å²) in [5, 5.41) is 19.5. The van der Waals surface area contributed by atoms with Crippen molar-refractivity contribution in [3.63, 3.8) is 0 Å². The lowest BCUT2D eigenvalue weighted by Crippen LogP contribution is -2.42. The Bertz CT molecular complexity index is 740. The van der Waals surface area contributed by atoms with Gasteiger partial charge in [0.2, 0.25) is 0 Å². The van der Waals surface area contributed by atoms with Crippen molar-refractivity contribution < 1.29 is 28.0 Å². The highest BCUT2D eigenvalue weighted by Crippen LogP contribution is 2.34. The van der Waals surface area contributed by atoms with E-state index in [1.165, 1.54) is 0 Å². The molecule has 0 aromatic heterocycles. The number of hydrogen-bond donors (Lipinski definition) is 1. The Kier molecular flexibility index (Phi) is 2.97. The monoisotopic (exact) mass is 300 g/mol. The van der Waals surface area contributed by atoms with Crippen LogP contribution in [0, 0.1) is 10.1 Å². The third kappa shape index (κ3) is 1.81. The molecule has 0 aliphatic carbocycles. The summed E-state index contributed by atoms with van der Waals surface area (Å²) in [6, 6.07) is 1.14. The number of rotatable bonds is 3. The summed E-state index contributed by atoms with van der Waals surface area (Å²) < 4.78 is 24.5. The Morgan fingerprint density at radius 1 is 1.45 bits per heavy atom. The third-order valence-electron chi connectivity index (χ3n) is 2.85. The number of carboxylic acids is 1. The number of aliphatic carboxylic acids is 1. The number of nitro groups is 1. The largest absolute Gasteiger partial charge is 0.480 e. The number of nitro benzene ring substituents is 1. The second kappa shape index (κ2) is 4.27. The number of nitrogens with zero attached hydrogens (tertiary/aromatic N) is 2. The van der Waals surface area contributed by atoms with Crippen LogP contribution in [-0.2, 0) is 14.8 Å². The molecule has 1 N–H and O–H groups in total. The first-order valence-corrected chi connectivity index (χ1v) is 6.72. The molecule has 0 fully saturated rings. The first-order chi connectivity index (χ1) is 9.17. The van der Waals surface area contributed by atoms with Gasteiger partial charge in [-0.1, -0.05) is 0 Å². The van der Waals surface area contributed by atoms with Gasteiger partial charge in [0.1, 0.15) is 10.9 Å². The topological polar surface area (TPSA) is 135 Å². The molecule has 1 atom stereocenters. The van der Waals surface area contributed by atoms with Crippen molar-refractivity contribution in [2.75, 3.05) is 0 Å². The Morgan fingerprint density at radius 2 is 2.05 bits per heavy atom. The van der Waals surface area contributed by atoms with E-state index < -0.39 is 43.4 Å². The summed E-state index contributed by atoms with van der Waals surface area (Å²) >= 11 is 0. The maximum absolute atomic E-state index is 12.1. The molecule has 1 heterocycles. The van der Waals surface area contributed by atoms with Crippen LogP contribution in [0.4, 0.5) is 5.69 Å². The van der Waals surface area contributed by atoms with E-state index in [1.807, 2.05) is 0 Å². The molecule has 0 spiro atoms. The van der Waals surface area contributed by atoms with E-state index in [1.54, 1.807) is 0 Å². The summed E-state index contributed by atoms with van der Waals surface area (Å²) in [5.41, 5.74) is -0.770. The fourth-order valence-electron chi connectivity index (χ4n) is 1.83. The van der Waals surface area contributed by atoms with E-state index in [0.29, 0.717) is 0 Å². The number of carbonyl (C=O) groups is 2. The molecule has 0 saturated heterocycles. The first kappa shape index (κ1) is 13.9. The molecule has 1 unspecified atom stereocenters. The Hall–Kier alpha value is -2.49. The van der Waals surface area contributed by atoms with Gasteiger partial charge < -0.3 is 5.11 Å². The van der Waals surface area contributed by atoms with Crippen LogP contribution < -0.4 is 0 Å². The number of fused-ring (bicyclic) bond motifs is 1. The molecular formula is C10H8N2O7S. The second-order valence-electron chi connectivity index (χ2n) is 4.06. The highest BCUT2D eigenvalue weighted by Gasteiger charge is 2.46. The standard InChI is InChI=1S/C10H8N2O7S/c1-5(10(14)15)11-9(13)7-3-2-6(12(16)17)4-8(7)20(11,18)19/h2-5H,1H3,(H,14,15). The fourth-order valence-corrected chi connectivity index (χ4v) is 3.57. The highest BCUT2D eigenvalue weighted by molar-refractivity contribution is 7.90. The summed E-state index contributed by atoms with van der Waals surface area (Å²) in [5.74, 6) is -2.51. The number of carboxylic acid groups (broad SMARTS) is 1. The second-order valence-corrected chi connectivity index (χ2v) is 5.84. The summed E-state index contributed by atoms with van der Waals surface area (Å²) in [7, 11) is -4.40. The molecular weight excluding hydrogens is 292 g/mol. The van der Waals surface area contributed by atoms with Crippen molar-refractivity contribution >= 4 is 27.6 Å².